The summed E-state index contributed by atoms with van der Waals surface area (Å²) in [5.74, 6) is -2.96. The molecule has 2 nitrogen and oxygen atoms in total. The predicted octanol–water partition coefficient (Wildman–Crippen LogP) is 7.47. The highest BCUT2D eigenvalue weighted by atomic mass is 19.3. The van der Waals surface area contributed by atoms with E-state index in [1.807, 2.05) is 6.92 Å². The van der Waals surface area contributed by atoms with Gasteiger partial charge in [0.25, 0.3) is 5.92 Å². The summed E-state index contributed by atoms with van der Waals surface area (Å²) in [5.41, 5.74) is 0.401. The topological polar surface area (TPSA) is 26.3 Å². The summed E-state index contributed by atoms with van der Waals surface area (Å²) in [4.78, 5) is 11.6. The summed E-state index contributed by atoms with van der Waals surface area (Å²) in [5, 5.41) is 0. The zero-order valence-corrected chi connectivity index (χ0v) is 17.4. The quantitative estimate of drug-likeness (QED) is 0.169. The fraction of sp³-hybridized carbons (Fsp3) is 0.864. The Balaban J connectivity index is 3.58. The second-order valence-corrected chi connectivity index (χ2v) is 8.46. The van der Waals surface area contributed by atoms with Gasteiger partial charge in [0, 0.05) is 12.8 Å². The van der Waals surface area contributed by atoms with Gasteiger partial charge >= 0.3 is 5.97 Å². The van der Waals surface area contributed by atoms with Gasteiger partial charge in [-0.05, 0) is 37.2 Å². The summed E-state index contributed by atoms with van der Waals surface area (Å²) in [6.45, 7) is 8.95. The van der Waals surface area contributed by atoms with Crippen LogP contribution in [0.1, 0.15) is 105 Å². The summed E-state index contributed by atoms with van der Waals surface area (Å²) in [7, 11) is 0. The standard InChI is InChI=1S/C22H40F2O2/c1-5-6-11-17-22(23,24)18-13-14-19-26-20(25)15-10-8-7-9-12-16-21(2,3)4/h13,18H,5-12,14-17,19H2,1-4H3/b18-13-. The van der Waals surface area contributed by atoms with Gasteiger partial charge in [0.05, 0.1) is 6.61 Å². The molecule has 0 atom stereocenters. The molecule has 0 radical (unpaired) electrons. The molecule has 0 aromatic rings. The van der Waals surface area contributed by atoms with E-state index in [9.17, 15) is 13.6 Å². The lowest BCUT2D eigenvalue weighted by atomic mass is 9.89. The van der Waals surface area contributed by atoms with Gasteiger partial charge in [-0.25, -0.2) is 8.78 Å². The van der Waals surface area contributed by atoms with Gasteiger partial charge in [0.1, 0.15) is 0 Å². The first-order valence-corrected chi connectivity index (χ1v) is 10.4. The van der Waals surface area contributed by atoms with Crippen molar-refractivity contribution in [2.45, 2.75) is 111 Å². The molecule has 0 amide bonds. The van der Waals surface area contributed by atoms with E-state index in [-0.39, 0.29) is 19.0 Å². The van der Waals surface area contributed by atoms with Crippen molar-refractivity contribution in [1.29, 1.82) is 0 Å². The molecule has 0 heterocycles. The minimum Gasteiger partial charge on any atom is -0.465 e. The average Bonchev–Trinajstić information content (AvgIpc) is 2.52. The maximum Gasteiger partial charge on any atom is 0.305 e. The maximum absolute atomic E-state index is 13.5. The SMILES string of the molecule is CCCCCC(F)(F)/C=C\CCOC(=O)CCCCCCCC(C)(C)C. The number of halogens is 2. The molecule has 0 N–H and O–H groups in total. The third-order valence-corrected chi connectivity index (χ3v) is 4.33. The van der Waals surface area contributed by atoms with Crippen LogP contribution in [0.5, 0.6) is 0 Å². The molecule has 0 saturated heterocycles. The molecule has 0 rings (SSSR count). The number of allylic oxidation sites excluding steroid dienone is 1. The first kappa shape index (κ1) is 25.1. The Hall–Kier alpha value is -0.930. The van der Waals surface area contributed by atoms with Crippen LogP contribution >= 0.6 is 0 Å². The zero-order chi connectivity index (χ0) is 19.9. The number of esters is 1. The van der Waals surface area contributed by atoms with E-state index in [0.717, 1.165) is 38.2 Å². The van der Waals surface area contributed by atoms with Gasteiger partial charge in [-0.15, -0.1) is 0 Å². The molecular weight excluding hydrogens is 334 g/mol. The molecule has 154 valence electrons. The molecule has 0 aliphatic rings. The van der Waals surface area contributed by atoms with Crippen molar-refractivity contribution in [3.05, 3.63) is 12.2 Å². The van der Waals surface area contributed by atoms with Crippen LogP contribution in [0.4, 0.5) is 8.78 Å². The highest BCUT2D eigenvalue weighted by Gasteiger charge is 2.23. The normalized spacial score (nSPS) is 12.7. The van der Waals surface area contributed by atoms with Crippen LogP contribution in [0.15, 0.2) is 12.2 Å². The minimum atomic E-state index is -2.74. The van der Waals surface area contributed by atoms with E-state index in [4.69, 9.17) is 4.74 Å². The van der Waals surface area contributed by atoms with Crippen LogP contribution in [0, 0.1) is 5.41 Å². The number of carbonyl (C=O) groups excluding carboxylic acids is 1. The van der Waals surface area contributed by atoms with Crippen molar-refractivity contribution in [2.24, 2.45) is 5.41 Å². The molecular formula is C22H40F2O2. The fourth-order valence-corrected chi connectivity index (χ4v) is 2.72. The lowest BCUT2D eigenvalue weighted by Crippen LogP contribution is -2.11. The molecule has 0 spiro atoms. The summed E-state index contributed by atoms with van der Waals surface area (Å²) >= 11 is 0. The summed E-state index contributed by atoms with van der Waals surface area (Å²) in [6, 6.07) is 0. The Morgan fingerprint density at radius 3 is 2.19 bits per heavy atom. The minimum absolute atomic E-state index is 0.104. The maximum atomic E-state index is 13.5. The van der Waals surface area contributed by atoms with Crippen molar-refractivity contribution in [1.82, 2.24) is 0 Å². The van der Waals surface area contributed by atoms with Crippen molar-refractivity contribution in [3.8, 4) is 0 Å². The Morgan fingerprint density at radius 1 is 0.923 bits per heavy atom. The van der Waals surface area contributed by atoms with Crippen molar-refractivity contribution >= 4 is 5.97 Å². The third-order valence-electron chi connectivity index (χ3n) is 4.33. The highest BCUT2D eigenvalue weighted by Crippen LogP contribution is 2.24. The number of unbranched alkanes of at least 4 members (excludes halogenated alkanes) is 6. The average molecular weight is 375 g/mol. The van der Waals surface area contributed by atoms with Crippen LogP contribution < -0.4 is 0 Å². The smallest absolute Gasteiger partial charge is 0.305 e. The Kier molecular flexibility index (Phi) is 13.7. The molecule has 0 fully saturated rings. The number of hydrogen-bond donors (Lipinski definition) is 0. The van der Waals surface area contributed by atoms with Crippen molar-refractivity contribution in [2.75, 3.05) is 6.61 Å². The number of carbonyl (C=O) groups is 1. The largest absolute Gasteiger partial charge is 0.465 e. The van der Waals surface area contributed by atoms with Crippen LogP contribution in [0.3, 0.4) is 0 Å². The van der Waals surface area contributed by atoms with E-state index in [1.54, 1.807) is 0 Å². The molecule has 0 aliphatic carbocycles. The predicted molar refractivity (Wildman–Crippen MR) is 106 cm³/mol. The van der Waals surface area contributed by atoms with Gasteiger partial charge < -0.3 is 4.74 Å². The lowest BCUT2D eigenvalue weighted by Gasteiger charge is -2.17. The number of alkyl halides is 2. The van der Waals surface area contributed by atoms with E-state index in [2.05, 4.69) is 20.8 Å². The molecule has 0 aromatic carbocycles. The molecule has 0 aliphatic heterocycles. The van der Waals surface area contributed by atoms with Crippen molar-refractivity contribution in [3.63, 3.8) is 0 Å². The Morgan fingerprint density at radius 2 is 1.54 bits per heavy atom. The van der Waals surface area contributed by atoms with Crippen LogP contribution in [-0.2, 0) is 9.53 Å². The van der Waals surface area contributed by atoms with E-state index >= 15 is 0 Å². The Bertz CT molecular complexity index is 384. The number of ether oxygens (including phenoxy) is 1. The summed E-state index contributed by atoms with van der Waals surface area (Å²) < 4.78 is 32.1. The molecule has 0 aromatic heterocycles. The second kappa shape index (κ2) is 14.2. The van der Waals surface area contributed by atoms with Gasteiger partial charge in [0.15, 0.2) is 0 Å². The molecule has 0 saturated carbocycles. The van der Waals surface area contributed by atoms with Crippen LogP contribution in [-0.4, -0.2) is 18.5 Å². The first-order valence-electron chi connectivity index (χ1n) is 10.4. The number of hydrogen-bond acceptors (Lipinski definition) is 2. The lowest BCUT2D eigenvalue weighted by molar-refractivity contribution is -0.143. The first-order chi connectivity index (χ1) is 12.2. The van der Waals surface area contributed by atoms with Crippen molar-refractivity contribution < 1.29 is 18.3 Å². The van der Waals surface area contributed by atoms with Crippen LogP contribution in [0.2, 0.25) is 0 Å². The highest BCUT2D eigenvalue weighted by molar-refractivity contribution is 5.69. The number of rotatable bonds is 15. The third kappa shape index (κ3) is 17.9. The van der Waals surface area contributed by atoms with E-state index < -0.39 is 5.92 Å². The summed E-state index contributed by atoms with van der Waals surface area (Å²) in [6.07, 6.45) is 12.1. The zero-order valence-electron chi connectivity index (χ0n) is 17.4. The van der Waals surface area contributed by atoms with Crippen LogP contribution in [0.25, 0.3) is 0 Å². The van der Waals surface area contributed by atoms with E-state index in [0.29, 0.717) is 24.7 Å². The van der Waals surface area contributed by atoms with E-state index in [1.165, 1.54) is 25.3 Å². The van der Waals surface area contributed by atoms with Gasteiger partial charge in [-0.1, -0.05) is 72.3 Å². The monoisotopic (exact) mass is 374 g/mol. The Labute approximate surface area is 159 Å². The second-order valence-electron chi connectivity index (χ2n) is 8.46. The van der Waals surface area contributed by atoms with Gasteiger partial charge in [-0.3, -0.25) is 4.79 Å². The molecule has 0 bridgehead atoms. The fourth-order valence-electron chi connectivity index (χ4n) is 2.72. The van der Waals surface area contributed by atoms with Gasteiger partial charge in [0.2, 0.25) is 0 Å². The molecule has 0 unspecified atom stereocenters. The molecule has 4 heteroatoms. The molecule has 26 heavy (non-hydrogen) atoms. The van der Waals surface area contributed by atoms with Gasteiger partial charge in [-0.2, -0.15) is 0 Å².